The summed E-state index contributed by atoms with van der Waals surface area (Å²) in [6, 6.07) is 0. The Kier molecular flexibility index (Phi) is 87.2. The van der Waals surface area contributed by atoms with Crippen LogP contribution >= 0.6 is 0 Å². The van der Waals surface area contributed by atoms with Gasteiger partial charge in [0.2, 0.25) is 0 Å². The number of carbonyl (C=O) groups is 2. The van der Waals surface area contributed by atoms with Gasteiger partial charge in [0.15, 0.2) is 0 Å². The Labute approximate surface area is 677 Å². The Bertz CT molecular complexity index is 1530. The first-order valence-electron chi connectivity index (χ1n) is 49.5. The van der Waals surface area contributed by atoms with Crippen molar-refractivity contribution < 1.29 is 18.6 Å². The monoisotopic (exact) mass is 1810 g/mol. The number of rotatable bonds is 92. The molecule has 0 spiro atoms. The fraction of sp³-hybridized carbons (Fsp3) is 0.979. The smallest absolute Gasteiger partial charge is 0.0654 e. The first-order valence-corrected chi connectivity index (χ1v) is 68.6. The fourth-order valence-corrected chi connectivity index (χ4v) is 92.4. The van der Waals surface area contributed by atoms with E-state index in [0.29, 0.717) is 12.8 Å². The minimum absolute atomic E-state index is 0.0730. The van der Waals surface area contributed by atoms with Crippen LogP contribution in [0.15, 0.2) is 0 Å². The minimum Gasteiger partial charge on any atom is -0.0654 e. The summed E-state index contributed by atoms with van der Waals surface area (Å²) in [5.74, 6) is 0.146. The Hall–Kier alpha value is 1.26. The molecule has 0 radical (unpaired) electrons. The predicted molar refractivity (Wildman–Crippen MR) is 475 cm³/mol. The molecule has 628 valence electrons. The third-order valence-corrected chi connectivity index (χ3v) is 79.0. The summed E-state index contributed by atoms with van der Waals surface area (Å²) in [6.07, 6.45) is 102. The van der Waals surface area contributed by atoms with Crippen LogP contribution in [0.3, 0.4) is 0 Å². The molecule has 0 aliphatic rings. The van der Waals surface area contributed by atoms with Crippen molar-refractivity contribution in [3.63, 3.8) is 0 Å². The average molecular weight is 1800 g/mol. The second-order valence-electron chi connectivity index (χ2n) is 34.6. The van der Waals surface area contributed by atoms with Crippen LogP contribution in [0.25, 0.3) is 0 Å². The third-order valence-electron chi connectivity index (χ3n) is 23.8. The molecule has 0 saturated heterocycles. The van der Waals surface area contributed by atoms with Crippen LogP contribution in [-0.2, 0) is 18.6 Å². The van der Waals surface area contributed by atoms with Gasteiger partial charge in [0, 0.05) is 0 Å². The molecular weight excluding hydrogens is 1610 g/mol. The second kappa shape index (κ2) is 86.1. The molecule has 0 atom stereocenters. The molecule has 105 heavy (non-hydrogen) atoms. The van der Waals surface area contributed by atoms with Gasteiger partial charge in [0.1, 0.15) is 0 Å². The van der Waals surface area contributed by atoms with Crippen LogP contribution < -0.4 is 0 Å². The predicted octanol–water partition coefficient (Wildman–Crippen LogP) is 35.8. The maximum absolute atomic E-state index is 15.4. The molecule has 9 heteroatoms. The molecule has 0 aliphatic carbocycles. The Balaban J connectivity index is 8.47. The van der Waals surface area contributed by atoms with Crippen LogP contribution in [0.4, 0.5) is 0 Å². The van der Waals surface area contributed by atoms with Crippen LogP contribution in [0.2, 0.25) is 26.6 Å². The Morgan fingerprint density at radius 3 is 0.410 bits per heavy atom. The first kappa shape index (κ1) is 106. The van der Waals surface area contributed by atoms with Gasteiger partial charge in [-0.2, -0.15) is 0 Å². The van der Waals surface area contributed by atoms with Crippen molar-refractivity contribution in [1.82, 2.24) is 0 Å². The van der Waals surface area contributed by atoms with Gasteiger partial charge < -0.3 is 0 Å². The standard InChI is InChI=1S/2C12H24O2.6C12H25.2O.3Sn/c2*1-2-3-4-5-6-7-8-9-10-11-12(13)14;6*1-3-5-7-9-11-12-10-8-6-4-2;;;;;/h2*2-11H2,1H3,(H,13,14);6*1,3-12H2,2H3;;;;;/q;;;;;;;;;;;2*+1/p-2. The number of unbranched alkanes of at least 4 members (excludes halogenated alkanes) is 70. The van der Waals surface area contributed by atoms with Gasteiger partial charge in [-0.25, -0.2) is 0 Å². The van der Waals surface area contributed by atoms with Gasteiger partial charge in [0.25, 0.3) is 0 Å². The molecule has 6 nitrogen and oxygen atoms in total. The number of hydrogen-bond acceptors (Lipinski definition) is 6. The van der Waals surface area contributed by atoms with E-state index in [0.717, 1.165) is 90.8 Å². The van der Waals surface area contributed by atoms with Crippen LogP contribution in [0.5, 0.6) is 0 Å². The fourth-order valence-electron chi connectivity index (χ4n) is 16.7. The SMILES string of the molecule is CCCCCCCCCCC[CH2][Sn]([CH2]CCCCCCCCCCC)([O]C(=O)CCCCCCCCCCC)[O][Sn]([CH2]CCCCCCCCCCC)([CH2]CCCCCCCCCCC)[O][Sn]([CH2]CCCCCCCCCCC)([CH2]CCCCCCCCCCC)[O]C(=O)CCCCCCCCCCC. The molecule has 0 aliphatic heterocycles. The normalized spacial score (nSPS) is 12.2. The quantitative estimate of drug-likeness (QED) is 0.0446. The van der Waals surface area contributed by atoms with Crippen LogP contribution in [0, 0.1) is 0 Å². The summed E-state index contributed by atoms with van der Waals surface area (Å²) >= 11 is -13.3. The average Bonchev–Trinajstić information content (AvgIpc) is 0.782. The topological polar surface area (TPSA) is 71.1 Å². The van der Waals surface area contributed by atoms with E-state index >= 15 is 9.59 Å². The summed E-state index contributed by atoms with van der Waals surface area (Å²) in [6.45, 7) is 18.7. The van der Waals surface area contributed by atoms with E-state index in [4.69, 9.17) is 8.97 Å². The minimum atomic E-state index is -4.47. The van der Waals surface area contributed by atoms with E-state index in [9.17, 15) is 0 Å². The molecule has 0 amide bonds. The molecule has 0 aromatic rings. The number of carbonyl (C=O) groups excluding carboxylic acids is 2. The van der Waals surface area contributed by atoms with Gasteiger partial charge in [-0.1, -0.05) is 13.8 Å². The summed E-state index contributed by atoms with van der Waals surface area (Å²) < 4.78 is 39.3. The van der Waals surface area contributed by atoms with Crippen molar-refractivity contribution >= 4 is 69.6 Å². The molecule has 0 rings (SSSR count). The van der Waals surface area contributed by atoms with E-state index in [1.807, 2.05) is 0 Å². The van der Waals surface area contributed by atoms with E-state index in [1.54, 1.807) is 0 Å². The van der Waals surface area contributed by atoms with Crippen molar-refractivity contribution in [2.24, 2.45) is 0 Å². The van der Waals surface area contributed by atoms with Crippen LogP contribution in [-0.4, -0.2) is 69.6 Å². The zero-order valence-electron chi connectivity index (χ0n) is 73.8. The Morgan fingerprint density at radius 2 is 0.267 bits per heavy atom. The molecule has 0 aromatic carbocycles. The van der Waals surface area contributed by atoms with Gasteiger partial charge in [-0.05, 0) is 0 Å². The molecule has 0 bridgehead atoms. The molecule has 0 fully saturated rings. The van der Waals surface area contributed by atoms with Gasteiger partial charge in [-0.3, -0.25) is 0 Å². The molecule has 0 N–H and O–H groups in total. The van der Waals surface area contributed by atoms with E-state index in [2.05, 4.69) is 55.4 Å². The van der Waals surface area contributed by atoms with E-state index in [1.165, 1.54) is 437 Å². The van der Waals surface area contributed by atoms with Crippen LogP contribution in [0.1, 0.15) is 569 Å². The van der Waals surface area contributed by atoms with Crippen molar-refractivity contribution in [3.8, 4) is 0 Å². The van der Waals surface area contributed by atoms with Crippen molar-refractivity contribution in [2.45, 2.75) is 596 Å². The third kappa shape index (κ3) is 73.9. The van der Waals surface area contributed by atoms with Crippen molar-refractivity contribution in [2.75, 3.05) is 0 Å². The van der Waals surface area contributed by atoms with Crippen molar-refractivity contribution in [1.29, 1.82) is 0 Å². The zero-order chi connectivity index (χ0) is 76.3. The molecule has 0 aromatic heterocycles. The molecule has 0 heterocycles. The molecule has 0 saturated carbocycles. The van der Waals surface area contributed by atoms with Gasteiger partial charge in [0.05, 0.1) is 0 Å². The first-order chi connectivity index (χ1) is 51.7. The van der Waals surface area contributed by atoms with Crippen molar-refractivity contribution in [3.05, 3.63) is 0 Å². The number of hydrogen-bond donors (Lipinski definition) is 0. The summed E-state index contributed by atoms with van der Waals surface area (Å²) in [5, 5.41) is 0. The zero-order valence-corrected chi connectivity index (χ0v) is 82.3. The van der Waals surface area contributed by atoms with E-state index < -0.39 is 57.6 Å². The van der Waals surface area contributed by atoms with Gasteiger partial charge in [-0.15, -0.1) is 0 Å². The summed E-state index contributed by atoms with van der Waals surface area (Å²) in [7, 11) is 0. The van der Waals surface area contributed by atoms with E-state index in [-0.39, 0.29) is 11.9 Å². The second-order valence-corrected chi connectivity index (χ2v) is 68.9. The Morgan fingerprint density at radius 1 is 0.152 bits per heavy atom. The maximum atomic E-state index is 15.4. The molecule has 0 unspecified atom stereocenters. The molecular formula is C96H196O6Sn3. The van der Waals surface area contributed by atoms with Gasteiger partial charge >= 0.3 is 670 Å². The summed E-state index contributed by atoms with van der Waals surface area (Å²) in [4.78, 5) is 30.7. The summed E-state index contributed by atoms with van der Waals surface area (Å²) in [5.41, 5.74) is 0.